The van der Waals surface area contributed by atoms with E-state index < -0.39 is 4.92 Å². The number of amidine groups is 1. The molecule has 1 aromatic heterocycles. The Morgan fingerprint density at radius 1 is 1.53 bits per heavy atom. The molecule has 0 fully saturated rings. The Bertz CT molecular complexity index is 635. The molecule has 3 N–H and O–H groups in total. The average Bonchev–Trinajstić information content (AvgIpc) is 2.87. The van der Waals surface area contributed by atoms with Crippen LogP contribution in [0.1, 0.15) is 11.1 Å². The Morgan fingerprint density at radius 3 is 2.89 bits per heavy atom. The lowest BCUT2D eigenvalue weighted by atomic mass is 10.1. The number of hydrogen-bond donors (Lipinski definition) is 2. The molecule has 98 valence electrons. The van der Waals surface area contributed by atoms with Crippen LogP contribution in [0.15, 0.2) is 41.8 Å². The molecule has 8 nitrogen and oxygen atoms in total. The van der Waals surface area contributed by atoms with Crippen molar-refractivity contribution in [1.82, 2.24) is 9.78 Å². The molecule has 0 bridgehead atoms. The smallest absolute Gasteiger partial charge is 0.307 e. The summed E-state index contributed by atoms with van der Waals surface area (Å²) in [4.78, 5) is 10.1. The summed E-state index contributed by atoms with van der Waals surface area (Å²) in [7, 11) is 0. The van der Waals surface area contributed by atoms with Crippen LogP contribution in [0.25, 0.3) is 0 Å². The van der Waals surface area contributed by atoms with E-state index in [0.29, 0.717) is 12.1 Å². The van der Waals surface area contributed by atoms with E-state index in [1.807, 2.05) is 0 Å². The van der Waals surface area contributed by atoms with Gasteiger partial charge >= 0.3 is 5.69 Å². The molecule has 0 spiro atoms. The minimum absolute atomic E-state index is 0.0164. The summed E-state index contributed by atoms with van der Waals surface area (Å²) < 4.78 is 1.42. The van der Waals surface area contributed by atoms with E-state index in [1.165, 1.54) is 17.1 Å². The standard InChI is InChI=1S/C11H11N5O3/c12-11(14-17)10-4-2-1-3-8(10)6-15-7-9(5-13-15)16(18)19/h1-5,7,17H,6H2,(H2,12,14). The Kier molecular flexibility index (Phi) is 3.42. The second kappa shape index (κ2) is 5.17. The SMILES string of the molecule is N/C(=N/O)c1ccccc1Cn1cc([N+](=O)[O-])cn1. The van der Waals surface area contributed by atoms with E-state index in [-0.39, 0.29) is 11.5 Å². The molecule has 0 amide bonds. The number of benzene rings is 1. The van der Waals surface area contributed by atoms with Gasteiger partial charge in [0, 0.05) is 5.56 Å². The fraction of sp³-hybridized carbons (Fsp3) is 0.0909. The maximum atomic E-state index is 10.6. The van der Waals surface area contributed by atoms with Crippen LogP contribution in [0.4, 0.5) is 5.69 Å². The Hall–Kier alpha value is -2.90. The van der Waals surface area contributed by atoms with Gasteiger partial charge in [0.1, 0.15) is 12.4 Å². The summed E-state index contributed by atoms with van der Waals surface area (Å²) in [6, 6.07) is 7.02. The van der Waals surface area contributed by atoms with E-state index in [9.17, 15) is 10.1 Å². The minimum atomic E-state index is -0.515. The first-order valence-electron chi connectivity index (χ1n) is 5.34. The molecular weight excluding hydrogens is 250 g/mol. The third-order valence-electron chi connectivity index (χ3n) is 2.56. The van der Waals surface area contributed by atoms with Crippen molar-refractivity contribution in [3.8, 4) is 0 Å². The lowest BCUT2D eigenvalue weighted by molar-refractivity contribution is -0.385. The predicted molar refractivity (Wildman–Crippen MR) is 66.9 cm³/mol. The summed E-state index contributed by atoms with van der Waals surface area (Å²) in [5.41, 5.74) is 6.79. The highest BCUT2D eigenvalue weighted by molar-refractivity contribution is 5.98. The van der Waals surface area contributed by atoms with Crippen LogP contribution in [0.2, 0.25) is 0 Å². The van der Waals surface area contributed by atoms with Crippen molar-refractivity contribution in [3.63, 3.8) is 0 Å². The van der Waals surface area contributed by atoms with E-state index in [1.54, 1.807) is 24.3 Å². The second-order valence-electron chi connectivity index (χ2n) is 3.80. The van der Waals surface area contributed by atoms with Crippen molar-refractivity contribution in [2.45, 2.75) is 6.54 Å². The minimum Gasteiger partial charge on any atom is -0.409 e. The molecule has 0 radical (unpaired) electrons. The first kappa shape index (κ1) is 12.6. The van der Waals surface area contributed by atoms with Gasteiger partial charge in [-0.15, -0.1) is 0 Å². The molecule has 2 rings (SSSR count). The quantitative estimate of drug-likeness (QED) is 0.279. The zero-order valence-corrected chi connectivity index (χ0v) is 9.80. The van der Waals surface area contributed by atoms with Crippen LogP contribution < -0.4 is 5.73 Å². The highest BCUT2D eigenvalue weighted by Gasteiger charge is 2.11. The van der Waals surface area contributed by atoms with Crippen molar-refractivity contribution in [2.24, 2.45) is 10.9 Å². The fourth-order valence-electron chi connectivity index (χ4n) is 1.67. The van der Waals surface area contributed by atoms with Crippen molar-refractivity contribution in [3.05, 3.63) is 57.9 Å². The molecule has 19 heavy (non-hydrogen) atoms. The molecule has 0 unspecified atom stereocenters. The summed E-state index contributed by atoms with van der Waals surface area (Å²) in [6.07, 6.45) is 2.50. The first-order valence-corrected chi connectivity index (χ1v) is 5.34. The largest absolute Gasteiger partial charge is 0.409 e. The number of nitrogens with two attached hydrogens (primary N) is 1. The lowest BCUT2D eigenvalue weighted by Crippen LogP contribution is -2.16. The number of nitro groups is 1. The highest BCUT2D eigenvalue weighted by Crippen LogP contribution is 2.13. The topological polar surface area (TPSA) is 120 Å². The molecule has 0 saturated heterocycles. The molecule has 1 heterocycles. The number of rotatable bonds is 4. The van der Waals surface area contributed by atoms with Gasteiger partial charge in [-0.05, 0) is 5.56 Å². The van der Waals surface area contributed by atoms with Gasteiger partial charge in [0.2, 0.25) is 0 Å². The first-order chi connectivity index (χ1) is 9.11. The molecule has 0 aliphatic rings. The van der Waals surface area contributed by atoms with E-state index in [2.05, 4.69) is 10.3 Å². The van der Waals surface area contributed by atoms with Crippen LogP contribution in [0.5, 0.6) is 0 Å². The summed E-state index contributed by atoms with van der Waals surface area (Å²) in [5, 5.41) is 26.1. The zero-order chi connectivity index (χ0) is 13.8. The second-order valence-corrected chi connectivity index (χ2v) is 3.80. The molecule has 2 aromatic rings. The van der Waals surface area contributed by atoms with Crippen LogP contribution >= 0.6 is 0 Å². The number of aromatic nitrogens is 2. The third-order valence-corrected chi connectivity index (χ3v) is 2.56. The van der Waals surface area contributed by atoms with Gasteiger partial charge in [0.05, 0.1) is 11.5 Å². The van der Waals surface area contributed by atoms with Gasteiger partial charge < -0.3 is 10.9 Å². The zero-order valence-electron chi connectivity index (χ0n) is 9.80. The average molecular weight is 261 g/mol. The molecule has 0 aliphatic carbocycles. The van der Waals surface area contributed by atoms with E-state index >= 15 is 0 Å². The molecule has 8 heteroatoms. The van der Waals surface area contributed by atoms with Crippen LogP contribution in [-0.2, 0) is 6.54 Å². The monoisotopic (exact) mass is 261 g/mol. The Labute approximate surface area is 107 Å². The number of hydrogen-bond acceptors (Lipinski definition) is 5. The maximum absolute atomic E-state index is 10.6. The van der Waals surface area contributed by atoms with Crippen LogP contribution in [0, 0.1) is 10.1 Å². The fourth-order valence-corrected chi connectivity index (χ4v) is 1.67. The highest BCUT2D eigenvalue weighted by atomic mass is 16.6. The van der Waals surface area contributed by atoms with Crippen molar-refractivity contribution in [1.29, 1.82) is 0 Å². The van der Waals surface area contributed by atoms with Crippen LogP contribution in [-0.4, -0.2) is 25.7 Å². The van der Waals surface area contributed by atoms with E-state index in [0.717, 1.165) is 5.56 Å². The van der Waals surface area contributed by atoms with Gasteiger partial charge in [-0.3, -0.25) is 14.8 Å². The van der Waals surface area contributed by atoms with Gasteiger partial charge in [0.15, 0.2) is 5.84 Å². The van der Waals surface area contributed by atoms with Crippen molar-refractivity contribution in [2.75, 3.05) is 0 Å². The number of oxime groups is 1. The maximum Gasteiger partial charge on any atom is 0.307 e. The molecule has 0 aliphatic heterocycles. The Morgan fingerprint density at radius 2 is 2.26 bits per heavy atom. The normalized spacial score (nSPS) is 11.5. The summed E-state index contributed by atoms with van der Waals surface area (Å²) >= 11 is 0. The van der Waals surface area contributed by atoms with Gasteiger partial charge in [-0.2, -0.15) is 5.10 Å². The van der Waals surface area contributed by atoms with Gasteiger partial charge in [-0.25, -0.2) is 0 Å². The molecule has 0 atom stereocenters. The van der Waals surface area contributed by atoms with Crippen molar-refractivity contribution >= 4 is 11.5 Å². The van der Waals surface area contributed by atoms with E-state index in [4.69, 9.17) is 10.9 Å². The molecule has 0 saturated carbocycles. The van der Waals surface area contributed by atoms with Gasteiger partial charge in [-0.1, -0.05) is 29.4 Å². The third kappa shape index (κ3) is 2.68. The molecular formula is C11H11N5O3. The summed E-state index contributed by atoms with van der Waals surface area (Å²) in [6.45, 7) is 0.292. The van der Waals surface area contributed by atoms with Gasteiger partial charge in [0.25, 0.3) is 0 Å². The van der Waals surface area contributed by atoms with Crippen molar-refractivity contribution < 1.29 is 10.1 Å². The molecule has 1 aromatic carbocycles. The Balaban J connectivity index is 2.30. The predicted octanol–water partition coefficient (Wildman–Crippen LogP) is 0.934. The van der Waals surface area contributed by atoms with Crippen LogP contribution in [0.3, 0.4) is 0 Å². The number of nitrogens with zero attached hydrogens (tertiary/aromatic N) is 4. The summed E-state index contributed by atoms with van der Waals surface area (Å²) in [5.74, 6) is -0.0164. The lowest BCUT2D eigenvalue weighted by Gasteiger charge is -2.07.